The molecular formula is C35H56O9. The molecule has 8 aliphatic rings. The Hall–Kier alpha value is -0.360. The quantitative estimate of drug-likeness (QED) is 0.238. The Morgan fingerprint density at radius 2 is 1.45 bits per heavy atom. The van der Waals surface area contributed by atoms with Crippen LogP contribution < -0.4 is 0 Å². The van der Waals surface area contributed by atoms with Crippen molar-refractivity contribution in [3.8, 4) is 0 Å². The average molecular weight is 621 g/mol. The van der Waals surface area contributed by atoms with Crippen LogP contribution in [0.15, 0.2) is 0 Å². The first-order valence-electron chi connectivity index (χ1n) is 17.5. The van der Waals surface area contributed by atoms with Gasteiger partial charge in [-0.05, 0) is 105 Å². The van der Waals surface area contributed by atoms with Gasteiger partial charge in [-0.1, -0.05) is 34.6 Å². The SMILES string of the molecule is C[C@@H]1C[C@H]([C@@H]2OC2(C)C)O[C@@]2(O)[C@H]1[C@@]1(C)CCC34C[C@@]35CCC(O[C@@H]3OC[C@@H](O)[C@H](O)[C@H]3O)C(C)(C)C5CCC4[C@]1(C)[C@H]2O. The van der Waals surface area contributed by atoms with Crippen LogP contribution in [0.1, 0.15) is 99.8 Å². The van der Waals surface area contributed by atoms with Crippen LogP contribution in [0.4, 0.5) is 0 Å². The molecule has 5 saturated carbocycles. The lowest BCUT2D eigenvalue weighted by atomic mass is 9.41. The second-order valence-electron chi connectivity index (χ2n) is 18.3. The van der Waals surface area contributed by atoms with Crippen molar-refractivity contribution >= 4 is 0 Å². The number of hydrogen-bond donors (Lipinski definition) is 5. The number of aliphatic hydroxyl groups is 5. The lowest BCUT2D eigenvalue weighted by Gasteiger charge is -2.63. The summed E-state index contributed by atoms with van der Waals surface area (Å²) in [5.41, 5.74) is -0.853. The molecule has 2 spiro atoms. The van der Waals surface area contributed by atoms with Crippen LogP contribution in [0.2, 0.25) is 0 Å². The van der Waals surface area contributed by atoms with E-state index < -0.39 is 41.9 Å². The second kappa shape index (κ2) is 9.00. The number of epoxide rings is 1. The average Bonchev–Trinajstić information content (AvgIpc) is 3.80. The third-order valence-electron chi connectivity index (χ3n) is 16.0. The second-order valence-corrected chi connectivity index (χ2v) is 18.3. The highest BCUT2D eigenvalue weighted by Crippen LogP contribution is 2.89. The van der Waals surface area contributed by atoms with Crippen molar-refractivity contribution < 1.29 is 44.5 Å². The van der Waals surface area contributed by atoms with E-state index in [2.05, 4.69) is 48.5 Å². The summed E-state index contributed by atoms with van der Waals surface area (Å²) in [5.74, 6) is -0.781. The summed E-state index contributed by atoms with van der Waals surface area (Å²) in [4.78, 5) is 0. The van der Waals surface area contributed by atoms with Crippen LogP contribution in [-0.4, -0.2) is 92.5 Å². The molecule has 9 heteroatoms. The molecule has 0 aromatic heterocycles. The van der Waals surface area contributed by atoms with Crippen molar-refractivity contribution in [2.45, 2.75) is 160 Å². The first-order valence-corrected chi connectivity index (χ1v) is 17.5. The van der Waals surface area contributed by atoms with Gasteiger partial charge in [0.2, 0.25) is 0 Å². The van der Waals surface area contributed by atoms with Crippen molar-refractivity contribution in [2.24, 2.45) is 50.7 Å². The van der Waals surface area contributed by atoms with Crippen molar-refractivity contribution in [1.29, 1.82) is 0 Å². The number of aliphatic hydroxyl groups excluding tert-OH is 4. The zero-order valence-electron chi connectivity index (χ0n) is 27.7. The molecule has 0 radical (unpaired) electrons. The minimum atomic E-state index is -1.58. The molecular weight excluding hydrogens is 564 g/mol. The van der Waals surface area contributed by atoms with Crippen LogP contribution in [0.3, 0.4) is 0 Å². The largest absolute Gasteiger partial charge is 0.388 e. The van der Waals surface area contributed by atoms with Gasteiger partial charge >= 0.3 is 0 Å². The number of rotatable bonds is 3. The molecule has 3 heterocycles. The van der Waals surface area contributed by atoms with Gasteiger partial charge in [-0.15, -0.1) is 0 Å². The van der Waals surface area contributed by atoms with Crippen LogP contribution in [-0.2, 0) is 18.9 Å². The maximum atomic E-state index is 12.5. The number of hydrogen-bond acceptors (Lipinski definition) is 9. The van der Waals surface area contributed by atoms with Crippen molar-refractivity contribution in [3.05, 3.63) is 0 Å². The Labute approximate surface area is 262 Å². The summed E-state index contributed by atoms with van der Waals surface area (Å²) >= 11 is 0. The fourth-order valence-corrected chi connectivity index (χ4v) is 13.8. The highest BCUT2D eigenvalue weighted by molar-refractivity contribution is 5.33. The predicted octanol–water partition coefficient (Wildman–Crippen LogP) is 3.12. The lowest BCUT2D eigenvalue weighted by molar-refractivity contribution is -0.327. The fraction of sp³-hybridized carbons (Fsp3) is 1.00. The zero-order valence-corrected chi connectivity index (χ0v) is 27.7. The van der Waals surface area contributed by atoms with Crippen LogP contribution >= 0.6 is 0 Å². The van der Waals surface area contributed by atoms with Crippen molar-refractivity contribution in [3.63, 3.8) is 0 Å². The molecule has 8 rings (SSSR count). The maximum Gasteiger partial charge on any atom is 0.196 e. The standard InChI is InChI=1S/C35H56O9/c1-17-14-19(26-30(4,5)44-26)43-35(40)25(17)31(6)12-13-34-16-33(34)11-10-22(42-27-24(38)23(37)18(36)15-41-27)29(2,3)20(33)8-9-21(34)32(31,7)28(35)39/h17-28,36-40H,8-16H2,1-7H3/t17-,18-,19-,20?,21?,22?,23+,24-,25-,26+,27+,28-,31-,32-,33-,34?,35+/m1/s1. The van der Waals surface area contributed by atoms with Gasteiger partial charge in [0.1, 0.15) is 30.5 Å². The molecule has 0 aromatic rings. The Morgan fingerprint density at radius 3 is 2.14 bits per heavy atom. The Morgan fingerprint density at radius 1 is 0.795 bits per heavy atom. The van der Waals surface area contributed by atoms with E-state index in [0.29, 0.717) is 11.8 Å². The topological polar surface area (TPSA) is 141 Å². The van der Waals surface area contributed by atoms with E-state index in [0.717, 1.165) is 51.4 Å². The third-order valence-corrected chi connectivity index (χ3v) is 16.0. The van der Waals surface area contributed by atoms with Gasteiger partial charge in [0.15, 0.2) is 12.1 Å². The van der Waals surface area contributed by atoms with Gasteiger partial charge in [-0.25, -0.2) is 0 Å². The molecule has 8 fully saturated rings. The Bertz CT molecular complexity index is 1210. The highest BCUT2D eigenvalue weighted by Gasteiger charge is 2.87. The van der Waals surface area contributed by atoms with Crippen LogP contribution in [0, 0.1) is 50.7 Å². The van der Waals surface area contributed by atoms with E-state index in [1.807, 2.05) is 0 Å². The summed E-state index contributed by atoms with van der Waals surface area (Å²) < 4.78 is 24.7. The first kappa shape index (κ1) is 30.9. The van der Waals surface area contributed by atoms with E-state index in [-0.39, 0.29) is 64.0 Å². The third kappa shape index (κ3) is 3.48. The van der Waals surface area contributed by atoms with Crippen molar-refractivity contribution in [1.82, 2.24) is 0 Å². The van der Waals surface area contributed by atoms with Crippen LogP contribution in [0.5, 0.6) is 0 Å². The molecule has 5 aliphatic carbocycles. The van der Waals surface area contributed by atoms with E-state index in [1.54, 1.807) is 0 Å². The molecule has 5 N–H and O–H groups in total. The smallest absolute Gasteiger partial charge is 0.196 e. The van der Waals surface area contributed by atoms with E-state index in [9.17, 15) is 25.5 Å². The lowest BCUT2D eigenvalue weighted by Crippen LogP contribution is -2.61. The summed E-state index contributed by atoms with van der Waals surface area (Å²) in [6, 6.07) is 0. The van der Waals surface area contributed by atoms with Gasteiger partial charge in [0.05, 0.1) is 24.4 Å². The molecule has 250 valence electrons. The van der Waals surface area contributed by atoms with Crippen molar-refractivity contribution in [2.75, 3.05) is 6.61 Å². The molecule has 44 heavy (non-hydrogen) atoms. The molecule has 17 atom stereocenters. The summed E-state index contributed by atoms with van der Waals surface area (Å²) in [7, 11) is 0. The first-order chi connectivity index (χ1) is 20.4. The van der Waals surface area contributed by atoms with Gasteiger partial charge in [-0.2, -0.15) is 0 Å². The summed E-state index contributed by atoms with van der Waals surface area (Å²) in [6.45, 7) is 15.6. The molecule has 3 aliphatic heterocycles. The Kier molecular flexibility index (Phi) is 6.33. The number of ether oxygens (including phenoxy) is 4. The van der Waals surface area contributed by atoms with Gasteiger partial charge in [0.25, 0.3) is 0 Å². The highest BCUT2D eigenvalue weighted by atomic mass is 16.7. The number of fused-ring (bicyclic) bond motifs is 4. The minimum Gasteiger partial charge on any atom is -0.388 e. The maximum absolute atomic E-state index is 12.5. The Balaban J connectivity index is 1.07. The molecule has 0 bridgehead atoms. The molecule has 0 amide bonds. The van der Waals surface area contributed by atoms with E-state index >= 15 is 0 Å². The normalized spacial score (nSPS) is 63.3. The molecule has 9 nitrogen and oxygen atoms in total. The van der Waals surface area contributed by atoms with Gasteiger partial charge in [-0.3, -0.25) is 0 Å². The zero-order chi connectivity index (χ0) is 31.6. The molecule has 3 saturated heterocycles. The predicted molar refractivity (Wildman–Crippen MR) is 159 cm³/mol. The molecule has 0 aromatic carbocycles. The van der Waals surface area contributed by atoms with Gasteiger partial charge in [0, 0.05) is 11.3 Å². The van der Waals surface area contributed by atoms with Gasteiger partial charge < -0.3 is 44.5 Å². The van der Waals surface area contributed by atoms with E-state index in [4.69, 9.17) is 18.9 Å². The monoisotopic (exact) mass is 620 g/mol. The molecule has 4 unspecified atom stereocenters. The summed E-state index contributed by atoms with van der Waals surface area (Å²) in [5, 5.41) is 55.7. The fourth-order valence-electron chi connectivity index (χ4n) is 13.8. The minimum absolute atomic E-state index is 0.0491. The van der Waals surface area contributed by atoms with Crippen LogP contribution in [0.25, 0.3) is 0 Å². The summed E-state index contributed by atoms with van der Waals surface area (Å²) in [6.07, 6.45) is 1.96. The van der Waals surface area contributed by atoms with E-state index in [1.165, 1.54) is 0 Å².